The van der Waals surface area contributed by atoms with Crippen LogP contribution < -0.4 is 5.32 Å². The third-order valence-electron chi connectivity index (χ3n) is 3.45. The fourth-order valence-corrected chi connectivity index (χ4v) is 2.69. The average Bonchev–Trinajstić information content (AvgIpc) is 2.78. The number of likely N-dealkylation sites (N-methyl/N-ethyl adjacent to an activating group) is 1. The molecule has 1 atom stereocenters. The van der Waals surface area contributed by atoms with Gasteiger partial charge in [-0.3, -0.25) is 9.59 Å². The summed E-state index contributed by atoms with van der Waals surface area (Å²) >= 11 is 4.35. The lowest BCUT2D eigenvalue weighted by Crippen LogP contribution is -2.46. The zero-order chi connectivity index (χ0) is 14.7. The molecule has 0 saturated carbocycles. The fraction of sp³-hybridized carbons (Fsp3) is 0.357. The number of fused-ring (bicyclic) bond motifs is 1. The largest absolute Gasteiger partial charge is 0.357 e. The first-order valence-electron chi connectivity index (χ1n) is 6.37. The number of carbonyl (C=O) groups excluding carboxylic acids is 3. The van der Waals surface area contributed by atoms with Gasteiger partial charge in [0.25, 0.3) is 5.91 Å². The summed E-state index contributed by atoms with van der Waals surface area (Å²) in [5.74, 6) is -0.441. The number of hydrogen-bond acceptors (Lipinski definition) is 4. The van der Waals surface area contributed by atoms with Gasteiger partial charge in [-0.2, -0.15) is 0 Å². The highest BCUT2D eigenvalue weighted by atomic mass is 32.1. The van der Waals surface area contributed by atoms with Crippen molar-refractivity contribution >= 4 is 30.7 Å². The van der Waals surface area contributed by atoms with E-state index in [-0.39, 0.29) is 18.2 Å². The third kappa shape index (κ3) is 2.56. The molecule has 5 nitrogen and oxygen atoms in total. The van der Waals surface area contributed by atoms with Crippen LogP contribution in [-0.2, 0) is 16.1 Å². The van der Waals surface area contributed by atoms with E-state index < -0.39 is 6.04 Å². The molecule has 1 unspecified atom stereocenters. The Balaban J connectivity index is 2.29. The van der Waals surface area contributed by atoms with Gasteiger partial charge in [0.05, 0.1) is 0 Å². The Kier molecular flexibility index (Phi) is 4.44. The van der Waals surface area contributed by atoms with Gasteiger partial charge in [-0.25, -0.2) is 0 Å². The first-order chi connectivity index (χ1) is 9.60. The van der Waals surface area contributed by atoms with Crippen LogP contribution in [0.2, 0.25) is 0 Å². The minimum atomic E-state index is -0.627. The summed E-state index contributed by atoms with van der Waals surface area (Å²) in [5, 5.41) is 2.54. The maximum absolute atomic E-state index is 12.4. The first kappa shape index (κ1) is 14.6. The van der Waals surface area contributed by atoms with E-state index in [1.54, 1.807) is 12.1 Å². The minimum absolute atomic E-state index is 0.185. The second kappa shape index (κ2) is 6.09. The van der Waals surface area contributed by atoms with Crippen LogP contribution in [0.3, 0.4) is 0 Å². The minimum Gasteiger partial charge on any atom is -0.357 e. The van der Waals surface area contributed by atoms with E-state index in [0.717, 1.165) is 16.7 Å². The zero-order valence-corrected chi connectivity index (χ0v) is 12.0. The molecule has 0 fully saturated rings. The summed E-state index contributed by atoms with van der Waals surface area (Å²) in [5.41, 5.74) is 1.42. The molecule has 2 rings (SSSR count). The van der Waals surface area contributed by atoms with E-state index in [1.165, 1.54) is 11.9 Å². The van der Waals surface area contributed by atoms with E-state index in [4.69, 9.17) is 0 Å². The van der Waals surface area contributed by atoms with Crippen LogP contribution in [0.4, 0.5) is 0 Å². The van der Waals surface area contributed by atoms with Gasteiger partial charge in [-0.05, 0) is 24.1 Å². The van der Waals surface area contributed by atoms with Crippen molar-refractivity contribution in [3.8, 4) is 0 Å². The molecular formula is C14H16N2O3S. The summed E-state index contributed by atoms with van der Waals surface area (Å²) in [6, 6.07) is 4.69. The molecule has 0 bridgehead atoms. The molecular weight excluding hydrogens is 276 g/mol. The molecule has 20 heavy (non-hydrogen) atoms. The van der Waals surface area contributed by atoms with E-state index in [9.17, 15) is 14.4 Å². The van der Waals surface area contributed by atoms with Crippen molar-refractivity contribution in [2.75, 3.05) is 7.05 Å². The van der Waals surface area contributed by atoms with E-state index >= 15 is 0 Å². The second-order valence-electron chi connectivity index (χ2n) is 4.61. The lowest BCUT2D eigenvalue weighted by molar-refractivity contribution is -0.125. The molecule has 0 spiro atoms. The van der Waals surface area contributed by atoms with Crippen molar-refractivity contribution in [3.05, 3.63) is 29.3 Å². The maximum atomic E-state index is 12.4. The Bertz CT molecular complexity index is 559. The zero-order valence-electron chi connectivity index (χ0n) is 11.1. The fourth-order valence-electron chi connectivity index (χ4n) is 2.41. The average molecular weight is 292 g/mol. The summed E-state index contributed by atoms with van der Waals surface area (Å²) in [7, 11) is 1.52. The Hall–Kier alpha value is -1.82. The monoisotopic (exact) mass is 292 g/mol. The number of nitrogens with one attached hydrogen (secondary N) is 1. The predicted molar refractivity (Wildman–Crippen MR) is 76.7 cm³/mol. The number of carbonyl (C=O) groups is 3. The Morgan fingerprint density at radius 2 is 2.30 bits per heavy atom. The van der Waals surface area contributed by atoms with Crippen molar-refractivity contribution in [1.29, 1.82) is 0 Å². The second-order valence-corrected chi connectivity index (χ2v) is 5.09. The van der Waals surface area contributed by atoms with Gasteiger partial charge in [0.1, 0.15) is 12.3 Å². The number of amides is 2. The summed E-state index contributed by atoms with van der Waals surface area (Å²) in [4.78, 5) is 37.1. The van der Waals surface area contributed by atoms with E-state index in [1.807, 2.05) is 6.07 Å². The quantitative estimate of drug-likeness (QED) is 0.629. The standard InChI is InChI=1S/C14H16N2O3S/c1-15-13(18)11(5-3-7-17)16-8-10-9(14(16)19)4-2-6-12(10)20/h2,4,6-7,11,20H,3,5,8H2,1H3,(H,15,18). The third-order valence-corrected chi connectivity index (χ3v) is 3.87. The number of thiol groups is 1. The summed E-state index contributed by atoms with van der Waals surface area (Å²) in [6.07, 6.45) is 1.32. The van der Waals surface area contributed by atoms with Crippen molar-refractivity contribution in [3.63, 3.8) is 0 Å². The van der Waals surface area contributed by atoms with Gasteiger partial charge in [0, 0.05) is 30.5 Å². The van der Waals surface area contributed by atoms with Crippen LogP contribution >= 0.6 is 12.6 Å². The molecule has 0 aromatic heterocycles. The first-order valence-corrected chi connectivity index (χ1v) is 6.82. The smallest absolute Gasteiger partial charge is 0.255 e. The van der Waals surface area contributed by atoms with Gasteiger partial charge in [-0.15, -0.1) is 12.6 Å². The van der Waals surface area contributed by atoms with Gasteiger partial charge in [0.15, 0.2) is 0 Å². The molecule has 1 aliphatic rings. The number of nitrogens with zero attached hydrogens (tertiary/aromatic N) is 1. The van der Waals surface area contributed by atoms with E-state index in [0.29, 0.717) is 18.5 Å². The van der Waals surface area contributed by atoms with Crippen LogP contribution in [0.1, 0.15) is 28.8 Å². The number of rotatable bonds is 5. The summed E-state index contributed by atoms with van der Waals surface area (Å²) < 4.78 is 0. The number of hydrogen-bond donors (Lipinski definition) is 2. The van der Waals surface area contributed by atoms with Crippen LogP contribution in [-0.4, -0.2) is 36.1 Å². The molecule has 1 N–H and O–H groups in total. The molecule has 1 aromatic carbocycles. The number of aldehydes is 1. The predicted octanol–water partition coefficient (Wildman–Crippen LogP) is 1.02. The van der Waals surface area contributed by atoms with Crippen LogP contribution in [0, 0.1) is 0 Å². The van der Waals surface area contributed by atoms with Gasteiger partial charge in [0.2, 0.25) is 5.91 Å². The van der Waals surface area contributed by atoms with Gasteiger partial charge >= 0.3 is 0 Å². The topological polar surface area (TPSA) is 66.5 Å². The van der Waals surface area contributed by atoms with Crippen LogP contribution in [0.5, 0.6) is 0 Å². The lowest BCUT2D eigenvalue weighted by Gasteiger charge is -2.25. The molecule has 2 amide bonds. The van der Waals surface area contributed by atoms with Gasteiger partial charge < -0.3 is 15.0 Å². The number of benzene rings is 1. The molecule has 106 valence electrons. The maximum Gasteiger partial charge on any atom is 0.255 e. The van der Waals surface area contributed by atoms with Crippen molar-refractivity contribution < 1.29 is 14.4 Å². The van der Waals surface area contributed by atoms with E-state index in [2.05, 4.69) is 17.9 Å². The summed E-state index contributed by atoms with van der Waals surface area (Å²) in [6.45, 7) is 0.352. The van der Waals surface area contributed by atoms with Crippen LogP contribution in [0.25, 0.3) is 0 Å². The highest BCUT2D eigenvalue weighted by molar-refractivity contribution is 7.80. The Morgan fingerprint density at radius 3 is 2.90 bits per heavy atom. The SMILES string of the molecule is CNC(=O)C(CCC=O)N1Cc2c(S)cccc2C1=O. The molecule has 0 saturated heterocycles. The highest BCUT2D eigenvalue weighted by Crippen LogP contribution is 2.30. The molecule has 1 aromatic rings. The molecule has 0 radical (unpaired) electrons. The lowest BCUT2D eigenvalue weighted by atomic mass is 10.1. The van der Waals surface area contributed by atoms with Crippen molar-refractivity contribution in [2.45, 2.75) is 30.3 Å². The molecule has 6 heteroatoms. The Labute approximate surface area is 122 Å². The molecule has 1 heterocycles. The normalized spacial score (nSPS) is 14.9. The Morgan fingerprint density at radius 1 is 1.55 bits per heavy atom. The highest BCUT2D eigenvalue weighted by Gasteiger charge is 2.36. The van der Waals surface area contributed by atoms with Crippen molar-refractivity contribution in [2.24, 2.45) is 0 Å². The molecule has 1 aliphatic heterocycles. The van der Waals surface area contributed by atoms with Crippen molar-refractivity contribution in [1.82, 2.24) is 10.2 Å². The molecule has 0 aliphatic carbocycles. The van der Waals surface area contributed by atoms with Crippen LogP contribution in [0.15, 0.2) is 23.1 Å². The van der Waals surface area contributed by atoms with Gasteiger partial charge in [-0.1, -0.05) is 6.07 Å².